The van der Waals surface area contributed by atoms with E-state index in [2.05, 4.69) is 52.5 Å². The van der Waals surface area contributed by atoms with Gasteiger partial charge >= 0.3 is 5.97 Å². The smallest absolute Gasteiger partial charge is 0.337 e. The van der Waals surface area contributed by atoms with Crippen LogP contribution < -0.4 is 0 Å². The van der Waals surface area contributed by atoms with Crippen LogP contribution in [0.15, 0.2) is 49.0 Å². The van der Waals surface area contributed by atoms with E-state index in [0.717, 1.165) is 16.7 Å². The molecule has 0 aromatic heterocycles. The van der Waals surface area contributed by atoms with Gasteiger partial charge < -0.3 is 4.74 Å². The van der Waals surface area contributed by atoms with Crippen molar-refractivity contribution in [1.82, 2.24) is 0 Å². The number of benzene rings is 2. The molecule has 0 bridgehead atoms. The first-order valence-electron chi connectivity index (χ1n) is 9.19. The zero-order chi connectivity index (χ0) is 19.1. The van der Waals surface area contributed by atoms with E-state index < -0.39 is 0 Å². The molecular formula is C24H28O2. The Bertz CT molecular complexity index is 854. The summed E-state index contributed by atoms with van der Waals surface area (Å²) >= 11 is 0. The highest BCUT2D eigenvalue weighted by Gasteiger charge is 2.37. The number of fused-ring (bicyclic) bond motifs is 1. The molecule has 2 aromatic carbocycles. The largest absolute Gasteiger partial charge is 0.465 e. The third-order valence-corrected chi connectivity index (χ3v) is 5.86. The van der Waals surface area contributed by atoms with Gasteiger partial charge in [-0.25, -0.2) is 4.79 Å². The lowest BCUT2D eigenvalue weighted by molar-refractivity contribution is 0.0600. The molecule has 26 heavy (non-hydrogen) atoms. The fourth-order valence-electron chi connectivity index (χ4n) is 3.87. The minimum Gasteiger partial charge on any atom is -0.465 e. The van der Waals surface area contributed by atoms with Crippen molar-refractivity contribution in [1.29, 1.82) is 0 Å². The Kier molecular flexibility index (Phi) is 4.56. The third-order valence-electron chi connectivity index (χ3n) is 5.86. The van der Waals surface area contributed by atoms with E-state index in [4.69, 9.17) is 4.74 Å². The van der Waals surface area contributed by atoms with Crippen LogP contribution in [0.2, 0.25) is 0 Å². The molecule has 0 unspecified atom stereocenters. The second kappa shape index (κ2) is 6.42. The number of hydrogen-bond donors (Lipinski definition) is 0. The van der Waals surface area contributed by atoms with Gasteiger partial charge in [0.2, 0.25) is 0 Å². The van der Waals surface area contributed by atoms with Crippen LogP contribution in [0.1, 0.15) is 73.1 Å². The van der Waals surface area contributed by atoms with Gasteiger partial charge in [0.15, 0.2) is 0 Å². The lowest BCUT2D eigenvalue weighted by Crippen LogP contribution is -2.33. The molecule has 2 heteroatoms. The highest BCUT2D eigenvalue weighted by atomic mass is 16.5. The monoisotopic (exact) mass is 348 g/mol. The Hall–Kier alpha value is -2.35. The average molecular weight is 348 g/mol. The van der Waals surface area contributed by atoms with E-state index in [1.54, 1.807) is 12.1 Å². The predicted molar refractivity (Wildman–Crippen MR) is 108 cm³/mol. The Labute approximate surface area is 156 Å². The van der Waals surface area contributed by atoms with Gasteiger partial charge in [0.25, 0.3) is 0 Å². The third kappa shape index (κ3) is 3.21. The van der Waals surface area contributed by atoms with Crippen molar-refractivity contribution in [3.8, 4) is 0 Å². The van der Waals surface area contributed by atoms with Gasteiger partial charge in [0.1, 0.15) is 0 Å². The Morgan fingerprint density at radius 3 is 1.92 bits per heavy atom. The SMILES string of the molecule is C=C(c1ccc(C(=O)OC)cc1)c1ccc2c(c1)C(C)(C)CCC2(C)C. The molecule has 0 heterocycles. The highest BCUT2D eigenvalue weighted by Crippen LogP contribution is 2.46. The predicted octanol–water partition coefficient (Wildman–Crippen LogP) is 5.88. The molecule has 2 nitrogen and oxygen atoms in total. The summed E-state index contributed by atoms with van der Waals surface area (Å²) in [6.45, 7) is 13.6. The molecule has 136 valence electrons. The Morgan fingerprint density at radius 2 is 1.35 bits per heavy atom. The van der Waals surface area contributed by atoms with Crippen molar-refractivity contribution in [3.63, 3.8) is 0 Å². The summed E-state index contributed by atoms with van der Waals surface area (Å²) < 4.78 is 4.76. The molecule has 0 N–H and O–H groups in total. The second-order valence-electron chi connectivity index (χ2n) is 8.58. The number of carbonyl (C=O) groups excluding carboxylic acids is 1. The Morgan fingerprint density at radius 1 is 0.846 bits per heavy atom. The van der Waals surface area contributed by atoms with Crippen molar-refractivity contribution < 1.29 is 9.53 Å². The fourth-order valence-corrected chi connectivity index (χ4v) is 3.87. The molecule has 0 amide bonds. The van der Waals surface area contributed by atoms with Crippen molar-refractivity contribution in [2.24, 2.45) is 0 Å². The first-order chi connectivity index (χ1) is 12.2. The highest BCUT2D eigenvalue weighted by molar-refractivity contribution is 5.90. The van der Waals surface area contributed by atoms with E-state index in [9.17, 15) is 4.79 Å². The van der Waals surface area contributed by atoms with E-state index >= 15 is 0 Å². The van der Waals surface area contributed by atoms with Gasteiger partial charge in [-0.3, -0.25) is 0 Å². The summed E-state index contributed by atoms with van der Waals surface area (Å²) in [6.07, 6.45) is 2.40. The van der Waals surface area contributed by atoms with Crippen LogP contribution in [-0.4, -0.2) is 13.1 Å². The van der Waals surface area contributed by atoms with Gasteiger partial charge in [-0.15, -0.1) is 0 Å². The molecule has 1 aliphatic carbocycles. The summed E-state index contributed by atoms with van der Waals surface area (Å²) in [4.78, 5) is 11.6. The van der Waals surface area contributed by atoms with Crippen molar-refractivity contribution in [2.75, 3.05) is 7.11 Å². The maximum Gasteiger partial charge on any atom is 0.337 e. The van der Waals surface area contributed by atoms with Gasteiger partial charge in [0.05, 0.1) is 12.7 Å². The molecule has 0 atom stereocenters. The maximum absolute atomic E-state index is 11.6. The molecule has 0 fully saturated rings. The van der Waals surface area contributed by atoms with E-state index in [1.165, 1.54) is 31.1 Å². The first-order valence-corrected chi connectivity index (χ1v) is 9.19. The van der Waals surface area contributed by atoms with E-state index in [1.807, 2.05) is 12.1 Å². The normalized spacial score (nSPS) is 17.3. The van der Waals surface area contributed by atoms with Gasteiger partial charge in [-0.05, 0) is 63.6 Å². The maximum atomic E-state index is 11.6. The van der Waals surface area contributed by atoms with Crippen molar-refractivity contribution >= 4 is 11.5 Å². The lowest BCUT2D eigenvalue weighted by atomic mass is 9.63. The molecule has 1 aliphatic rings. The number of rotatable bonds is 3. The number of ether oxygens (including phenoxy) is 1. The fraction of sp³-hybridized carbons (Fsp3) is 0.375. The van der Waals surface area contributed by atoms with Crippen molar-refractivity contribution in [2.45, 2.75) is 51.4 Å². The number of methoxy groups -OCH3 is 1. The standard InChI is InChI=1S/C24H28O2/c1-16(17-7-9-18(10-8-17)22(25)26-6)19-11-12-20-21(15-19)24(4,5)14-13-23(20,2)3/h7-12,15H,1,13-14H2,2-6H3. The van der Waals surface area contributed by atoms with Crippen LogP contribution in [0.25, 0.3) is 5.57 Å². The van der Waals surface area contributed by atoms with E-state index in [0.29, 0.717) is 5.56 Å². The van der Waals surface area contributed by atoms with Crippen LogP contribution in [0, 0.1) is 0 Å². The summed E-state index contributed by atoms with van der Waals surface area (Å²) in [5.74, 6) is -0.320. The zero-order valence-corrected chi connectivity index (χ0v) is 16.5. The molecule has 0 spiro atoms. The number of esters is 1. The van der Waals surface area contributed by atoms with Crippen molar-refractivity contribution in [3.05, 3.63) is 76.9 Å². The quantitative estimate of drug-likeness (QED) is 0.647. The first kappa shape index (κ1) is 18.4. The zero-order valence-electron chi connectivity index (χ0n) is 16.5. The molecule has 0 radical (unpaired) electrons. The molecular weight excluding hydrogens is 320 g/mol. The molecule has 3 rings (SSSR count). The molecule has 2 aromatic rings. The van der Waals surface area contributed by atoms with Crippen LogP contribution in [-0.2, 0) is 15.6 Å². The second-order valence-corrected chi connectivity index (χ2v) is 8.58. The number of carbonyl (C=O) groups is 1. The number of hydrogen-bond acceptors (Lipinski definition) is 2. The Balaban J connectivity index is 1.98. The summed E-state index contributed by atoms with van der Waals surface area (Å²) in [5, 5.41) is 0. The van der Waals surface area contributed by atoms with Gasteiger partial charge in [-0.2, -0.15) is 0 Å². The van der Waals surface area contributed by atoms with Gasteiger partial charge in [-0.1, -0.05) is 64.6 Å². The lowest BCUT2D eigenvalue weighted by Gasteiger charge is -2.42. The summed E-state index contributed by atoms with van der Waals surface area (Å²) in [7, 11) is 1.39. The van der Waals surface area contributed by atoms with Crippen LogP contribution in [0.5, 0.6) is 0 Å². The minimum atomic E-state index is -0.320. The molecule has 0 aliphatic heterocycles. The molecule has 0 saturated carbocycles. The average Bonchev–Trinajstić information content (AvgIpc) is 2.64. The van der Waals surface area contributed by atoms with Gasteiger partial charge in [0, 0.05) is 0 Å². The topological polar surface area (TPSA) is 26.3 Å². The molecule has 0 saturated heterocycles. The van der Waals surface area contributed by atoms with Crippen LogP contribution in [0.3, 0.4) is 0 Å². The van der Waals surface area contributed by atoms with Crippen LogP contribution in [0.4, 0.5) is 0 Å². The van der Waals surface area contributed by atoms with Crippen LogP contribution >= 0.6 is 0 Å². The summed E-state index contributed by atoms with van der Waals surface area (Å²) in [6, 6.07) is 14.2. The van der Waals surface area contributed by atoms with E-state index in [-0.39, 0.29) is 16.8 Å². The summed E-state index contributed by atoms with van der Waals surface area (Å²) in [5.41, 5.74) is 6.96. The minimum absolute atomic E-state index is 0.176.